The van der Waals surface area contributed by atoms with Crippen LogP contribution in [0, 0.1) is 12.8 Å². The lowest BCUT2D eigenvalue weighted by Gasteiger charge is -2.04. The van der Waals surface area contributed by atoms with Gasteiger partial charge < -0.3 is 10.6 Å². The van der Waals surface area contributed by atoms with Crippen molar-refractivity contribution in [1.82, 2.24) is 4.98 Å². The van der Waals surface area contributed by atoms with E-state index in [9.17, 15) is 9.59 Å². The van der Waals surface area contributed by atoms with Gasteiger partial charge in [-0.15, -0.1) is 22.7 Å². The first kappa shape index (κ1) is 14.8. The number of anilines is 2. The second-order valence-electron chi connectivity index (χ2n) is 6.18. The zero-order valence-electron chi connectivity index (χ0n) is 12.7. The highest BCUT2D eigenvalue weighted by Crippen LogP contribution is 2.44. The van der Waals surface area contributed by atoms with E-state index in [1.807, 2.05) is 13.0 Å². The van der Waals surface area contributed by atoms with Crippen LogP contribution >= 0.6 is 22.7 Å². The van der Waals surface area contributed by atoms with Crippen molar-refractivity contribution in [1.29, 1.82) is 0 Å². The molecule has 5 nitrogen and oxygen atoms in total. The Morgan fingerprint density at radius 2 is 2.00 bits per heavy atom. The number of carbonyl (C=O) groups is 2. The van der Waals surface area contributed by atoms with E-state index in [4.69, 9.17) is 0 Å². The van der Waals surface area contributed by atoms with Gasteiger partial charge in [-0.2, -0.15) is 0 Å². The van der Waals surface area contributed by atoms with Gasteiger partial charge in [-0.3, -0.25) is 9.59 Å². The maximum atomic E-state index is 12.5. The quantitative estimate of drug-likeness (QED) is 0.859. The van der Waals surface area contributed by atoms with Gasteiger partial charge in [0.05, 0.1) is 21.1 Å². The van der Waals surface area contributed by atoms with Crippen LogP contribution in [0.15, 0.2) is 11.6 Å². The molecule has 120 valence electrons. The first-order valence-electron chi connectivity index (χ1n) is 7.78. The minimum absolute atomic E-state index is 0.0664. The molecule has 0 saturated heterocycles. The van der Waals surface area contributed by atoms with Gasteiger partial charge in [0, 0.05) is 11.8 Å². The minimum atomic E-state index is -0.120. The first-order valence-corrected chi connectivity index (χ1v) is 9.47. The van der Waals surface area contributed by atoms with E-state index in [-0.39, 0.29) is 17.7 Å². The Hall–Kier alpha value is -1.73. The van der Waals surface area contributed by atoms with Gasteiger partial charge >= 0.3 is 0 Å². The van der Waals surface area contributed by atoms with Gasteiger partial charge in [0.2, 0.25) is 5.91 Å². The summed E-state index contributed by atoms with van der Waals surface area (Å²) in [5, 5.41) is 7.50. The van der Waals surface area contributed by atoms with Crippen LogP contribution in [0.25, 0.3) is 0 Å². The van der Waals surface area contributed by atoms with Crippen LogP contribution in [0.4, 0.5) is 10.0 Å². The predicted octanol–water partition coefficient (Wildman–Crippen LogP) is 3.99. The fourth-order valence-corrected chi connectivity index (χ4v) is 4.23. The molecule has 4 rings (SSSR count). The van der Waals surface area contributed by atoms with Crippen molar-refractivity contribution in [2.24, 2.45) is 5.92 Å². The van der Waals surface area contributed by atoms with Crippen molar-refractivity contribution in [3.05, 3.63) is 27.7 Å². The number of nitrogens with zero attached hydrogens (tertiary/aromatic N) is 1. The first-order chi connectivity index (χ1) is 11.1. The summed E-state index contributed by atoms with van der Waals surface area (Å²) in [5.41, 5.74) is 3.68. The second kappa shape index (κ2) is 5.72. The number of thiazole rings is 1. The molecule has 0 spiro atoms. The van der Waals surface area contributed by atoms with Crippen LogP contribution in [0.3, 0.4) is 0 Å². The highest BCUT2D eigenvalue weighted by atomic mass is 32.1. The monoisotopic (exact) mass is 347 g/mol. The van der Waals surface area contributed by atoms with Crippen molar-refractivity contribution in [2.75, 3.05) is 10.6 Å². The number of aromatic nitrogens is 1. The third-order valence-corrected chi connectivity index (χ3v) is 6.01. The number of hydrogen-bond donors (Lipinski definition) is 2. The molecule has 0 unspecified atom stereocenters. The van der Waals surface area contributed by atoms with Crippen LogP contribution < -0.4 is 10.6 Å². The molecule has 23 heavy (non-hydrogen) atoms. The van der Waals surface area contributed by atoms with Crippen molar-refractivity contribution < 1.29 is 9.59 Å². The third-order valence-electron chi connectivity index (χ3n) is 4.10. The van der Waals surface area contributed by atoms with E-state index in [1.165, 1.54) is 22.7 Å². The molecule has 2 aromatic heterocycles. The average Bonchev–Trinajstić information content (AvgIpc) is 3.43. The Morgan fingerprint density at radius 1 is 1.22 bits per heavy atom. The number of rotatable bonds is 5. The summed E-state index contributed by atoms with van der Waals surface area (Å²) in [5.74, 6) is 0.615. The molecule has 7 heteroatoms. The van der Waals surface area contributed by atoms with Gasteiger partial charge in [-0.05, 0) is 44.2 Å². The van der Waals surface area contributed by atoms with Crippen LogP contribution in [0.2, 0.25) is 0 Å². The van der Waals surface area contributed by atoms with Crippen LogP contribution in [-0.2, 0) is 4.79 Å². The van der Waals surface area contributed by atoms with Gasteiger partial charge in [0.25, 0.3) is 5.91 Å². The van der Waals surface area contributed by atoms with Gasteiger partial charge in [0.15, 0.2) is 0 Å². The summed E-state index contributed by atoms with van der Waals surface area (Å²) in [6.07, 6.45) is 4.25. The van der Waals surface area contributed by atoms with Crippen molar-refractivity contribution in [3.8, 4) is 0 Å². The summed E-state index contributed by atoms with van der Waals surface area (Å²) in [4.78, 5) is 29.4. The maximum Gasteiger partial charge on any atom is 0.266 e. The number of amides is 2. The van der Waals surface area contributed by atoms with Crippen LogP contribution in [-0.4, -0.2) is 16.8 Å². The minimum Gasteiger partial charge on any atom is -0.317 e. The molecular weight excluding hydrogens is 330 g/mol. The van der Waals surface area contributed by atoms with E-state index in [2.05, 4.69) is 15.6 Å². The molecule has 0 radical (unpaired) electrons. The van der Waals surface area contributed by atoms with E-state index < -0.39 is 0 Å². The van der Waals surface area contributed by atoms with E-state index in [1.54, 1.807) is 5.51 Å². The molecular formula is C16H17N3O2S2. The Bertz CT molecular complexity index is 772. The van der Waals surface area contributed by atoms with E-state index >= 15 is 0 Å². The molecule has 0 aliphatic heterocycles. The lowest BCUT2D eigenvalue weighted by molar-refractivity contribution is -0.117. The Labute approximate surface area is 142 Å². The summed E-state index contributed by atoms with van der Waals surface area (Å²) < 4.78 is 0. The molecule has 2 N–H and O–H groups in total. The van der Waals surface area contributed by atoms with Gasteiger partial charge in [-0.25, -0.2) is 4.98 Å². The topological polar surface area (TPSA) is 71.1 Å². The molecule has 2 aromatic rings. The Balaban J connectivity index is 1.48. The standard InChI is InChI=1S/C16H17N3O2S2/c1-8-6-11(18-14(20)10-4-5-10)23-13(8)15(21)19-16-12(9-2-3-9)17-7-22-16/h6-7,9-10H,2-5H2,1H3,(H,18,20)(H,19,21). The number of nitrogens with one attached hydrogen (secondary N) is 2. The Kier molecular flexibility index (Phi) is 3.69. The summed E-state index contributed by atoms with van der Waals surface area (Å²) in [6, 6.07) is 1.87. The average molecular weight is 347 g/mol. The zero-order valence-corrected chi connectivity index (χ0v) is 14.4. The highest BCUT2D eigenvalue weighted by molar-refractivity contribution is 7.18. The lowest BCUT2D eigenvalue weighted by atomic mass is 10.2. The predicted molar refractivity (Wildman–Crippen MR) is 92.5 cm³/mol. The Morgan fingerprint density at radius 3 is 2.70 bits per heavy atom. The lowest BCUT2D eigenvalue weighted by Crippen LogP contribution is -2.12. The van der Waals surface area contributed by atoms with Crippen molar-refractivity contribution in [3.63, 3.8) is 0 Å². The molecule has 0 bridgehead atoms. The third kappa shape index (κ3) is 3.16. The summed E-state index contributed by atoms with van der Waals surface area (Å²) in [7, 11) is 0. The molecule has 0 aromatic carbocycles. The molecule has 2 amide bonds. The fraction of sp³-hybridized carbons (Fsp3) is 0.438. The van der Waals surface area contributed by atoms with E-state index in [0.29, 0.717) is 10.8 Å². The van der Waals surface area contributed by atoms with Crippen LogP contribution in [0.1, 0.15) is 52.5 Å². The van der Waals surface area contributed by atoms with E-state index in [0.717, 1.165) is 46.9 Å². The van der Waals surface area contributed by atoms with Crippen LogP contribution in [0.5, 0.6) is 0 Å². The summed E-state index contributed by atoms with van der Waals surface area (Å²) in [6.45, 7) is 1.90. The fourth-order valence-electron chi connectivity index (χ4n) is 2.49. The number of hydrogen-bond acceptors (Lipinski definition) is 5. The van der Waals surface area contributed by atoms with Crippen molar-refractivity contribution >= 4 is 44.5 Å². The molecule has 0 atom stereocenters. The smallest absolute Gasteiger partial charge is 0.266 e. The number of carbonyl (C=O) groups excluding carboxylic acids is 2. The van der Waals surface area contributed by atoms with Gasteiger partial charge in [-0.1, -0.05) is 0 Å². The molecule has 2 heterocycles. The molecule has 2 fully saturated rings. The molecule has 2 aliphatic rings. The zero-order chi connectivity index (χ0) is 16.0. The van der Waals surface area contributed by atoms with Crippen molar-refractivity contribution in [2.45, 2.75) is 38.5 Å². The maximum absolute atomic E-state index is 12.5. The SMILES string of the molecule is Cc1cc(NC(=O)C2CC2)sc1C(=O)Nc1scnc1C1CC1. The summed E-state index contributed by atoms with van der Waals surface area (Å²) >= 11 is 2.80. The molecule has 2 saturated carbocycles. The highest BCUT2D eigenvalue weighted by Gasteiger charge is 2.31. The van der Waals surface area contributed by atoms with Gasteiger partial charge in [0.1, 0.15) is 5.00 Å². The normalized spacial score (nSPS) is 17.1. The number of thiophene rings is 1. The molecule has 2 aliphatic carbocycles. The second-order valence-corrected chi connectivity index (χ2v) is 8.09. The largest absolute Gasteiger partial charge is 0.317 e. The number of aryl methyl sites for hydroxylation is 1.